The molecule has 2 rings (SSSR count). The lowest BCUT2D eigenvalue weighted by atomic mass is 10.3. The summed E-state index contributed by atoms with van der Waals surface area (Å²) >= 11 is 7.17. The number of benzene rings is 1. The molecular weight excluding hydrogens is 294 g/mol. The smallest absolute Gasteiger partial charge is 0.241 e. The maximum Gasteiger partial charge on any atom is 0.241 e. The van der Waals surface area contributed by atoms with Gasteiger partial charge in [-0.05, 0) is 18.2 Å². The number of halogens is 1. The fraction of sp³-hybridized carbons (Fsp3) is 0.100. The summed E-state index contributed by atoms with van der Waals surface area (Å²) in [7, 11) is -3.60. The molecule has 0 aliphatic rings. The maximum atomic E-state index is 12.0. The van der Waals surface area contributed by atoms with Crippen LogP contribution in [-0.4, -0.2) is 13.4 Å². The normalized spacial score (nSPS) is 11.6. The van der Waals surface area contributed by atoms with Crippen LogP contribution in [0.1, 0.15) is 5.01 Å². The summed E-state index contributed by atoms with van der Waals surface area (Å²) in [5.41, 5.74) is 5.87. The first-order chi connectivity index (χ1) is 8.49. The third-order valence-corrected chi connectivity index (χ3v) is 4.68. The Labute approximate surface area is 114 Å². The third-order valence-electron chi connectivity index (χ3n) is 2.18. The molecule has 0 aliphatic carbocycles. The van der Waals surface area contributed by atoms with Crippen LogP contribution < -0.4 is 10.5 Å². The average Bonchev–Trinajstić information content (AvgIpc) is 2.83. The topological polar surface area (TPSA) is 85.1 Å². The first kappa shape index (κ1) is 13.3. The number of nitrogens with one attached hydrogen (secondary N) is 1. The number of nitrogen functional groups attached to an aromatic ring is 1. The predicted molar refractivity (Wildman–Crippen MR) is 72.0 cm³/mol. The van der Waals surface area contributed by atoms with E-state index in [2.05, 4.69) is 9.71 Å². The fourth-order valence-corrected chi connectivity index (χ4v) is 3.16. The Balaban J connectivity index is 2.17. The van der Waals surface area contributed by atoms with Crippen LogP contribution in [0, 0.1) is 0 Å². The van der Waals surface area contributed by atoms with Crippen LogP contribution in [0.25, 0.3) is 0 Å². The lowest BCUT2D eigenvalue weighted by Gasteiger charge is -2.06. The molecule has 1 aromatic heterocycles. The molecule has 0 atom stereocenters. The molecule has 0 unspecified atom stereocenters. The summed E-state index contributed by atoms with van der Waals surface area (Å²) < 4.78 is 26.4. The molecule has 8 heteroatoms. The van der Waals surface area contributed by atoms with E-state index in [0.29, 0.717) is 10.7 Å². The Bertz CT molecular complexity index is 641. The summed E-state index contributed by atoms with van der Waals surface area (Å²) in [5, 5.41) is 2.69. The molecule has 1 aromatic carbocycles. The van der Waals surface area contributed by atoms with E-state index in [0.717, 1.165) is 0 Å². The molecule has 0 bridgehead atoms. The molecule has 2 aromatic rings. The van der Waals surface area contributed by atoms with Gasteiger partial charge in [-0.3, -0.25) is 0 Å². The van der Waals surface area contributed by atoms with Gasteiger partial charge >= 0.3 is 0 Å². The van der Waals surface area contributed by atoms with E-state index in [1.165, 1.54) is 29.5 Å². The van der Waals surface area contributed by atoms with Gasteiger partial charge in [0, 0.05) is 11.6 Å². The van der Waals surface area contributed by atoms with Crippen molar-refractivity contribution in [2.75, 3.05) is 5.73 Å². The van der Waals surface area contributed by atoms with Gasteiger partial charge < -0.3 is 5.73 Å². The van der Waals surface area contributed by atoms with Crippen LogP contribution in [0.5, 0.6) is 0 Å². The molecule has 0 spiro atoms. The minimum Gasteiger partial charge on any atom is -0.398 e. The van der Waals surface area contributed by atoms with Crippen LogP contribution in [0.4, 0.5) is 5.69 Å². The molecule has 0 amide bonds. The molecular formula is C10H10ClN3O2S2. The number of rotatable bonds is 4. The standard InChI is InChI=1S/C10H10ClN3O2S2/c11-8-5-7(1-2-9(8)12)18(15,16)14-6-10-13-3-4-17-10/h1-5,14H,6,12H2. The molecule has 18 heavy (non-hydrogen) atoms. The van der Waals surface area contributed by atoms with Gasteiger partial charge in [0.1, 0.15) is 5.01 Å². The molecule has 0 saturated carbocycles. The predicted octanol–water partition coefficient (Wildman–Crippen LogP) is 1.86. The van der Waals surface area contributed by atoms with Crippen molar-refractivity contribution in [2.45, 2.75) is 11.4 Å². The van der Waals surface area contributed by atoms with Crippen molar-refractivity contribution in [1.82, 2.24) is 9.71 Å². The van der Waals surface area contributed by atoms with Crippen LogP contribution in [-0.2, 0) is 16.6 Å². The Hall–Kier alpha value is -1.15. The van der Waals surface area contributed by atoms with Crippen molar-refractivity contribution in [3.63, 3.8) is 0 Å². The highest BCUT2D eigenvalue weighted by atomic mass is 35.5. The largest absolute Gasteiger partial charge is 0.398 e. The van der Waals surface area contributed by atoms with Gasteiger partial charge in [-0.2, -0.15) is 0 Å². The number of nitrogens with zero attached hydrogens (tertiary/aromatic N) is 1. The zero-order valence-electron chi connectivity index (χ0n) is 9.13. The zero-order valence-corrected chi connectivity index (χ0v) is 11.5. The van der Waals surface area contributed by atoms with Crippen molar-refractivity contribution < 1.29 is 8.42 Å². The maximum absolute atomic E-state index is 12.0. The molecule has 0 fully saturated rings. The van der Waals surface area contributed by atoms with Crippen molar-refractivity contribution in [3.05, 3.63) is 39.8 Å². The Kier molecular flexibility index (Phi) is 3.86. The number of hydrogen-bond donors (Lipinski definition) is 2. The SMILES string of the molecule is Nc1ccc(S(=O)(=O)NCc2nccs2)cc1Cl. The van der Waals surface area contributed by atoms with Crippen LogP contribution in [0.3, 0.4) is 0 Å². The first-order valence-electron chi connectivity index (χ1n) is 4.92. The molecule has 1 heterocycles. The lowest BCUT2D eigenvalue weighted by molar-refractivity contribution is 0.581. The molecule has 0 radical (unpaired) electrons. The number of nitrogens with two attached hydrogens (primary N) is 1. The second-order valence-electron chi connectivity index (χ2n) is 3.43. The number of hydrogen-bond acceptors (Lipinski definition) is 5. The van der Waals surface area contributed by atoms with Crippen LogP contribution in [0.2, 0.25) is 5.02 Å². The number of aromatic nitrogens is 1. The quantitative estimate of drug-likeness (QED) is 0.844. The molecule has 96 valence electrons. The highest BCUT2D eigenvalue weighted by Gasteiger charge is 2.15. The molecule has 0 saturated heterocycles. The van der Waals surface area contributed by atoms with E-state index >= 15 is 0 Å². The van der Waals surface area contributed by atoms with E-state index in [1.807, 2.05) is 0 Å². The van der Waals surface area contributed by atoms with Gasteiger partial charge in [-0.25, -0.2) is 18.1 Å². The summed E-state index contributed by atoms with van der Waals surface area (Å²) in [6, 6.07) is 4.19. The lowest BCUT2D eigenvalue weighted by Crippen LogP contribution is -2.23. The Morgan fingerprint density at radius 3 is 2.83 bits per heavy atom. The minimum absolute atomic E-state index is 0.0817. The molecule has 0 aliphatic heterocycles. The van der Waals surface area contributed by atoms with E-state index in [-0.39, 0.29) is 16.5 Å². The molecule has 5 nitrogen and oxygen atoms in total. The van der Waals surface area contributed by atoms with Gasteiger partial charge in [0.15, 0.2) is 0 Å². The summed E-state index contributed by atoms with van der Waals surface area (Å²) in [5.74, 6) is 0. The number of sulfonamides is 1. The second kappa shape index (κ2) is 5.23. The summed E-state index contributed by atoms with van der Waals surface area (Å²) in [4.78, 5) is 4.07. The van der Waals surface area contributed by atoms with Crippen molar-refractivity contribution >= 4 is 38.6 Å². The van der Waals surface area contributed by atoms with Crippen molar-refractivity contribution in [1.29, 1.82) is 0 Å². The van der Waals surface area contributed by atoms with Gasteiger partial charge in [-0.15, -0.1) is 11.3 Å². The van der Waals surface area contributed by atoms with Gasteiger partial charge in [0.2, 0.25) is 10.0 Å². The van der Waals surface area contributed by atoms with Gasteiger partial charge in [0.25, 0.3) is 0 Å². The van der Waals surface area contributed by atoms with E-state index < -0.39 is 10.0 Å². The van der Waals surface area contributed by atoms with Gasteiger partial charge in [-0.1, -0.05) is 11.6 Å². The van der Waals surface area contributed by atoms with E-state index in [9.17, 15) is 8.42 Å². The van der Waals surface area contributed by atoms with E-state index in [4.69, 9.17) is 17.3 Å². The van der Waals surface area contributed by atoms with Crippen LogP contribution in [0.15, 0.2) is 34.7 Å². The average molecular weight is 304 g/mol. The zero-order chi connectivity index (χ0) is 13.2. The third kappa shape index (κ3) is 2.99. The Morgan fingerprint density at radius 2 is 2.22 bits per heavy atom. The highest BCUT2D eigenvalue weighted by Crippen LogP contribution is 2.22. The monoisotopic (exact) mass is 303 g/mol. The summed E-state index contributed by atoms with van der Waals surface area (Å²) in [6.07, 6.45) is 1.62. The summed E-state index contributed by atoms with van der Waals surface area (Å²) in [6.45, 7) is 0.155. The van der Waals surface area contributed by atoms with Crippen LogP contribution >= 0.6 is 22.9 Å². The fourth-order valence-electron chi connectivity index (χ4n) is 1.26. The van der Waals surface area contributed by atoms with Crippen molar-refractivity contribution in [2.24, 2.45) is 0 Å². The highest BCUT2D eigenvalue weighted by molar-refractivity contribution is 7.89. The van der Waals surface area contributed by atoms with E-state index in [1.54, 1.807) is 11.6 Å². The first-order valence-corrected chi connectivity index (χ1v) is 7.66. The number of anilines is 1. The second-order valence-corrected chi connectivity index (χ2v) is 6.59. The minimum atomic E-state index is -3.60. The van der Waals surface area contributed by atoms with Gasteiger partial charge in [0.05, 0.1) is 22.2 Å². The molecule has 3 N–H and O–H groups in total. The number of thiazole rings is 1. The van der Waals surface area contributed by atoms with Crippen molar-refractivity contribution in [3.8, 4) is 0 Å². The Morgan fingerprint density at radius 1 is 1.44 bits per heavy atom.